The fourth-order valence-corrected chi connectivity index (χ4v) is 4.16. The highest BCUT2D eigenvalue weighted by molar-refractivity contribution is 6.35. The first-order valence-electron chi connectivity index (χ1n) is 8.16. The van der Waals surface area contributed by atoms with Crippen LogP contribution in [0.4, 0.5) is 0 Å². The molecule has 128 valence electrons. The summed E-state index contributed by atoms with van der Waals surface area (Å²) in [5.74, 6) is 0.0922. The minimum atomic E-state index is -0.0583. The van der Waals surface area contributed by atoms with Gasteiger partial charge in [0.15, 0.2) is 0 Å². The Labute approximate surface area is 152 Å². The standard InChI is InChI=1S/C18H20Cl2N2O2/c1-2-17(23)21-6-3-12(4-7-21)18(24)22-8-5-15-13(11-22)9-14(19)10-16(15)20/h2,9-10,12H,1,3-8,11H2. The van der Waals surface area contributed by atoms with Gasteiger partial charge in [-0.2, -0.15) is 0 Å². The molecule has 1 aromatic rings. The molecular weight excluding hydrogens is 347 g/mol. The van der Waals surface area contributed by atoms with Gasteiger partial charge in [-0.1, -0.05) is 29.8 Å². The summed E-state index contributed by atoms with van der Waals surface area (Å²) in [5, 5.41) is 1.28. The summed E-state index contributed by atoms with van der Waals surface area (Å²) >= 11 is 12.3. The van der Waals surface area contributed by atoms with Crippen LogP contribution in [0.15, 0.2) is 24.8 Å². The topological polar surface area (TPSA) is 40.6 Å². The Balaban J connectivity index is 1.65. The van der Waals surface area contributed by atoms with E-state index in [1.165, 1.54) is 6.08 Å². The first kappa shape index (κ1) is 17.3. The van der Waals surface area contributed by atoms with E-state index in [9.17, 15) is 9.59 Å². The summed E-state index contributed by atoms with van der Waals surface area (Å²) < 4.78 is 0. The van der Waals surface area contributed by atoms with Gasteiger partial charge in [-0.25, -0.2) is 0 Å². The van der Waals surface area contributed by atoms with Crippen molar-refractivity contribution in [2.75, 3.05) is 19.6 Å². The third-order valence-corrected chi connectivity index (χ3v) is 5.44. The molecule has 0 spiro atoms. The van der Waals surface area contributed by atoms with Gasteiger partial charge in [0, 0.05) is 42.1 Å². The number of fused-ring (bicyclic) bond motifs is 1. The van der Waals surface area contributed by atoms with E-state index in [4.69, 9.17) is 23.2 Å². The van der Waals surface area contributed by atoms with Gasteiger partial charge in [-0.15, -0.1) is 0 Å². The number of amides is 2. The van der Waals surface area contributed by atoms with Gasteiger partial charge in [-0.05, 0) is 48.6 Å². The summed E-state index contributed by atoms with van der Waals surface area (Å²) in [6, 6.07) is 3.65. The van der Waals surface area contributed by atoms with Crippen molar-refractivity contribution >= 4 is 35.0 Å². The first-order valence-corrected chi connectivity index (χ1v) is 8.92. The fraction of sp³-hybridized carbons (Fsp3) is 0.444. The summed E-state index contributed by atoms with van der Waals surface area (Å²) in [6.07, 6.45) is 3.50. The van der Waals surface area contributed by atoms with E-state index in [1.54, 1.807) is 11.0 Å². The van der Waals surface area contributed by atoms with Crippen molar-refractivity contribution in [3.8, 4) is 0 Å². The minimum absolute atomic E-state index is 0.0185. The van der Waals surface area contributed by atoms with Gasteiger partial charge in [0.1, 0.15) is 0 Å². The number of rotatable bonds is 2. The molecule has 0 radical (unpaired) electrons. The SMILES string of the molecule is C=CC(=O)N1CCC(C(=O)N2CCc3c(Cl)cc(Cl)cc3C2)CC1. The molecule has 24 heavy (non-hydrogen) atoms. The van der Waals surface area contributed by atoms with Crippen molar-refractivity contribution in [3.63, 3.8) is 0 Å². The van der Waals surface area contributed by atoms with Crippen LogP contribution in [0.3, 0.4) is 0 Å². The predicted octanol–water partition coefficient (Wildman–Crippen LogP) is 3.30. The number of hydrogen-bond donors (Lipinski definition) is 0. The molecule has 2 aliphatic heterocycles. The van der Waals surface area contributed by atoms with E-state index in [1.807, 2.05) is 11.0 Å². The van der Waals surface area contributed by atoms with Crippen LogP contribution in [0.5, 0.6) is 0 Å². The number of benzene rings is 1. The normalized spacial score (nSPS) is 18.2. The van der Waals surface area contributed by atoms with E-state index in [0.29, 0.717) is 49.1 Å². The number of halogens is 2. The highest BCUT2D eigenvalue weighted by Crippen LogP contribution is 2.31. The molecule has 1 fully saturated rings. The maximum Gasteiger partial charge on any atom is 0.245 e. The van der Waals surface area contributed by atoms with Crippen molar-refractivity contribution in [1.82, 2.24) is 9.80 Å². The van der Waals surface area contributed by atoms with Crippen molar-refractivity contribution in [2.45, 2.75) is 25.8 Å². The van der Waals surface area contributed by atoms with Crippen LogP contribution in [0, 0.1) is 5.92 Å². The Bertz CT molecular complexity index is 682. The molecule has 0 bridgehead atoms. The lowest BCUT2D eigenvalue weighted by molar-refractivity contribution is -0.140. The molecule has 0 aromatic heterocycles. The number of hydrogen-bond acceptors (Lipinski definition) is 2. The Morgan fingerprint density at radius 3 is 2.50 bits per heavy atom. The molecule has 2 heterocycles. The second-order valence-electron chi connectivity index (χ2n) is 6.34. The number of carbonyl (C=O) groups is 2. The Hall–Kier alpha value is -1.52. The first-order chi connectivity index (χ1) is 11.5. The average molecular weight is 367 g/mol. The molecular formula is C18H20Cl2N2O2. The zero-order chi connectivity index (χ0) is 17.3. The summed E-state index contributed by atoms with van der Waals surface area (Å²) in [7, 11) is 0. The van der Waals surface area contributed by atoms with Crippen LogP contribution in [0.25, 0.3) is 0 Å². The van der Waals surface area contributed by atoms with Gasteiger partial charge in [0.2, 0.25) is 11.8 Å². The van der Waals surface area contributed by atoms with E-state index in [-0.39, 0.29) is 17.7 Å². The number of likely N-dealkylation sites (tertiary alicyclic amines) is 1. The fourth-order valence-electron chi connectivity index (χ4n) is 3.53. The van der Waals surface area contributed by atoms with Crippen molar-refractivity contribution < 1.29 is 9.59 Å². The van der Waals surface area contributed by atoms with Gasteiger partial charge in [0.25, 0.3) is 0 Å². The summed E-state index contributed by atoms with van der Waals surface area (Å²) in [5.41, 5.74) is 2.13. The molecule has 0 saturated carbocycles. The maximum atomic E-state index is 12.8. The summed E-state index contributed by atoms with van der Waals surface area (Å²) in [4.78, 5) is 28.1. The molecule has 0 atom stereocenters. The van der Waals surface area contributed by atoms with Gasteiger partial charge in [-0.3, -0.25) is 9.59 Å². The molecule has 4 nitrogen and oxygen atoms in total. The molecule has 1 saturated heterocycles. The number of carbonyl (C=O) groups excluding carboxylic acids is 2. The Morgan fingerprint density at radius 2 is 1.83 bits per heavy atom. The smallest absolute Gasteiger partial charge is 0.245 e. The monoisotopic (exact) mass is 366 g/mol. The zero-order valence-electron chi connectivity index (χ0n) is 13.4. The molecule has 3 rings (SSSR count). The molecule has 2 amide bonds. The van der Waals surface area contributed by atoms with Gasteiger partial charge >= 0.3 is 0 Å². The number of piperidine rings is 1. The lowest BCUT2D eigenvalue weighted by Crippen LogP contribution is -2.45. The van der Waals surface area contributed by atoms with E-state index >= 15 is 0 Å². The van der Waals surface area contributed by atoms with Crippen molar-refractivity contribution in [3.05, 3.63) is 46.0 Å². The van der Waals surface area contributed by atoms with Crippen molar-refractivity contribution in [2.24, 2.45) is 5.92 Å². The lowest BCUT2D eigenvalue weighted by Gasteiger charge is -2.36. The predicted molar refractivity (Wildman–Crippen MR) is 95.1 cm³/mol. The Kier molecular flexibility index (Phi) is 5.16. The minimum Gasteiger partial charge on any atom is -0.339 e. The largest absolute Gasteiger partial charge is 0.339 e. The quantitative estimate of drug-likeness (QED) is 0.753. The highest BCUT2D eigenvalue weighted by Gasteiger charge is 2.31. The molecule has 0 aliphatic carbocycles. The Morgan fingerprint density at radius 1 is 1.12 bits per heavy atom. The van der Waals surface area contributed by atoms with Crippen molar-refractivity contribution in [1.29, 1.82) is 0 Å². The van der Waals surface area contributed by atoms with Crippen LogP contribution in [-0.4, -0.2) is 41.2 Å². The summed E-state index contributed by atoms with van der Waals surface area (Å²) in [6.45, 7) is 5.98. The van der Waals surface area contributed by atoms with Gasteiger partial charge in [0.05, 0.1) is 0 Å². The van der Waals surface area contributed by atoms with E-state index in [0.717, 1.165) is 17.5 Å². The number of nitrogens with zero attached hydrogens (tertiary/aromatic N) is 2. The lowest BCUT2D eigenvalue weighted by atomic mass is 9.93. The van der Waals surface area contributed by atoms with Crippen LogP contribution in [0.1, 0.15) is 24.0 Å². The molecule has 2 aliphatic rings. The average Bonchev–Trinajstić information content (AvgIpc) is 2.59. The molecule has 0 N–H and O–H groups in total. The van der Waals surface area contributed by atoms with Crippen LogP contribution in [0.2, 0.25) is 10.0 Å². The molecule has 1 aromatic carbocycles. The van der Waals surface area contributed by atoms with E-state index < -0.39 is 0 Å². The van der Waals surface area contributed by atoms with E-state index in [2.05, 4.69) is 6.58 Å². The van der Waals surface area contributed by atoms with Crippen LogP contribution in [-0.2, 0) is 22.6 Å². The van der Waals surface area contributed by atoms with Crippen LogP contribution < -0.4 is 0 Å². The van der Waals surface area contributed by atoms with Crippen LogP contribution >= 0.6 is 23.2 Å². The third kappa shape index (κ3) is 3.45. The second-order valence-corrected chi connectivity index (χ2v) is 7.18. The third-order valence-electron chi connectivity index (χ3n) is 4.89. The zero-order valence-corrected chi connectivity index (χ0v) is 14.9. The molecule has 0 unspecified atom stereocenters. The molecule has 6 heteroatoms. The highest BCUT2D eigenvalue weighted by atomic mass is 35.5. The second kappa shape index (κ2) is 7.16. The van der Waals surface area contributed by atoms with Gasteiger partial charge < -0.3 is 9.80 Å². The maximum absolute atomic E-state index is 12.8.